The number of allylic oxidation sites excluding steroid dienone is 4. The van der Waals surface area contributed by atoms with Crippen LogP contribution in [0.4, 0.5) is 0 Å². The average molecular weight is 215 g/mol. The van der Waals surface area contributed by atoms with E-state index in [1.165, 1.54) is 13.9 Å². The molecular formula is C14H16P-. The Morgan fingerprint density at radius 1 is 1.00 bits per heavy atom. The van der Waals surface area contributed by atoms with Crippen molar-refractivity contribution in [1.29, 1.82) is 0 Å². The van der Waals surface area contributed by atoms with Crippen molar-refractivity contribution in [3.63, 3.8) is 0 Å². The lowest BCUT2D eigenvalue weighted by Crippen LogP contribution is -2.24. The highest BCUT2D eigenvalue weighted by Crippen LogP contribution is 2.40. The summed E-state index contributed by atoms with van der Waals surface area (Å²) in [5.74, 6) is 0.569. The fraction of sp³-hybridized carbons (Fsp3) is 0.286. The fourth-order valence-electron chi connectivity index (χ4n) is 1.81. The molecule has 0 fully saturated rings. The lowest BCUT2D eigenvalue weighted by atomic mass is 9.97. The molecule has 0 spiro atoms. The first kappa shape index (κ1) is 10.6. The Kier molecular flexibility index (Phi) is 3.07. The molecule has 0 N–H and O–H groups in total. The van der Waals surface area contributed by atoms with E-state index in [9.17, 15) is 0 Å². The highest BCUT2D eigenvalue weighted by Gasteiger charge is 2.16. The molecule has 15 heavy (non-hydrogen) atoms. The zero-order valence-corrected chi connectivity index (χ0v) is 10.1. The first-order chi connectivity index (χ1) is 7.18. The summed E-state index contributed by atoms with van der Waals surface area (Å²) in [7, 11) is 1.40. The van der Waals surface area contributed by atoms with Crippen LogP contribution in [0.1, 0.15) is 13.8 Å². The van der Waals surface area contributed by atoms with Gasteiger partial charge in [-0.05, 0) is 5.92 Å². The molecule has 0 heterocycles. The number of hydrogen-bond donors (Lipinski definition) is 0. The van der Waals surface area contributed by atoms with Gasteiger partial charge in [-0.3, -0.25) is 0 Å². The molecule has 1 aromatic carbocycles. The lowest BCUT2D eigenvalue weighted by molar-refractivity contribution is 0.607. The van der Waals surface area contributed by atoms with Crippen LogP contribution in [0.5, 0.6) is 0 Å². The van der Waals surface area contributed by atoms with Crippen LogP contribution in [-0.4, -0.2) is 5.16 Å². The number of rotatable bonds is 3. The van der Waals surface area contributed by atoms with Crippen molar-refractivity contribution < 1.29 is 0 Å². The molecule has 0 nitrogen and oxygen atoms in total. The van der Waals surface area contributed by atoms with Crippen LogP contribution in [-0.2, 0) is 0 Å². The van der Waals surface area contributed by atoms with Gasteiger partial charge in [-0.15, -0.1) is 0 Å². The van der Waals surface area contributed by atoms with Crippen molar-refractivity contribution in [2.75, 3.05) is 0 Å². The van der Waals surface area contributed by atoms with Gasteiger partial charge < -0.3 is 8.58 Å². The molecule has 1 aliphatic rings. The van der Waals surface area contributed by atoms with E-state index in [1.807, 2.05) is 0 Å². The Balaban J connectivity index is 2.10. The zero-order valence-electron chi connectivity index (χ0n) is 9.22. The van der Waals surface area contributed by atoms with Gasteiger partial charge in [-0.1, -0.05) is 68.5 Å². The second kappa shape index (κ2) is 4.33. The van der Waals surface area contributed by atoms with E-state index in [-0.39, 0.29) is 5.16 Å². The molecule has 0 atom stereocenters. The van der Waals surface area contributed by atoms with E-state index in [2.05, 4.69) is 68.5 Å². The molecule has 0 aromatic heterocycles. The quantitative estimate of drug-likeness (QED) is 0.673. The maximum absolute atomic E-state index is 2.33. The second-order valence-corrected chi connectivity index (χ2v) is 6.29. The Bertz CT molecular complexity index is 362. The molecular weight excluding hydrogens is 199 g/mol. The smallest absolute Gasteiger partial charge is 0.0254 e. The van der Waals surface area contributed by atoms with Crippen molar-refractivity contribution in [3.8, 4) is 0 Å². The van der Waals surface area contributed by atoms with Gasteiger partial charge >= 0.3 is 0 Å². The summed E-state index contributed by atoms with van der Waals surface area (Å²) >= 11 is 0. The van der Waals surface area contributed by atoms with Gasteiger partial charge in [0.15, 0.2) is 0 Å². The van der Waals surface area contributed by atoms with Gasteiger partial charge in [-0.2, -0.15) is 5.16 Å². The molecule has 2 rings (SSSR count). The van der Waals surface area contributed by atoms with Crippen molar-refractivity contribution in [3.05, 3.63) is 54.6 Å². The summed E-state index contributed by atoms with van der Waals surface area (Å²) in [6.07, 6.45) is 8.87. The first-order valence-corrected chi connectivity index (χ1v) is 6.21. The van der Waals surface area contributed by atoms with E-state index >= 15 is 0 Å². The van der Waals surface area contributed by atoms with Crippen LogP contribution in [0.25, 0.3) is 0 Å². The minimum absolute atomic E-state index is 0.283. The SMILES string of the molecule is CC(C)([P-]c1ccccc1)C1C=CC=C1. The van der Waals surface area contributed by atoms with Crippen molar-refractivity contribution in [2.45, 2.75) is 19.0 Å². The highest BCUT2D eigenvalue weighted by molar-refractivity contribution is 7.49. The molecule has 78 valence electrons. The van der Waals surface area contributed by atoms with Crippen LogP contribution >= 0.6 is 8.58 Å². The van der Waals surface area contributed by atoms with Gasteiger partial charge in [0.05, 0.1) is 0 Å². The Labute approximate surface area is 93.9 Å². The lowest BCUT2D eigenvalue weighted by Gasteiger charge is -2.44. The van der Waals surface area contributed by atoms with Crippen molar-refractivity contribution in [2.24, 2.45) is 5.92 Å². The molecule has 1 aliphatic carbocycles. The monoisotopic (exact) mass is 215 g/mol. The van der Waals surface area contributed by atoms with Gasteiger partial charge in [0.1, 0.15) is 0 Å². The third kappa shape index (κ3) is 2.58. The van der Waals surface area contributed by atoms with Gasteiger partial charge in [0.25, 0.3) is 0 Å². The summed E-state index contributed by atoms with van der Waals surface area (Å²) in [6.45, 7) is 4.65. The topological polar surface area (TPSA) is 0 Å². The summed E-state index contributed by atoms with van der Waals surface area (Å²) in [5, 5.41) is 1.68. The minimum Gasteiger partial charge on any atom is -0.499 e. The van der Waals surface area contributed by atoms with Crippen molar-refractivity contribution in [1.82, 2.24) is 0 Å². The third-order valence-electron chi connectivity index (χ3n) is 2.74. The first-order valence-electron chi connectivity index (χ1n) is 5.31. The summed E-state index contributed by atoms with van der Waals surface area (Å²) < 4.78 is 0. The van der Waals surface area contributed by atoms with E-state index in [1.54, 1.807) is 0 Å². The molecule has 0 amide bonds. The molecule has 1 heteroatoms. The van der Waals surface area contributed by atoms with Gasteiger partial charge in [-0.25, -0.2) is 5.30 Å². The Morgan fingerprint density at radius 2 is 1.60 bits per heavy atom. The number of benzene rings is 1. The Morgan fingerprint density at radius 3 is 2.20 bits per heavy atom. The Hall–Kier alpha value is -0.870. The highest BCUT2D eigenvalue weighted by atomic mass is 31.1. The fourth-order valence-corrected chi connectivity index (χ4v) is 3.12. The zero-order chi connectivity index (χ0) is 10.7. The van der Waals surface area contributed by atoms with E-state index < -0.39 is 0 Å². The van der Waals surface area contributed by atoms with E-state index in [0.717, 1.165) is 0 Å². The summed E-state index contributed by atoms with van der Waals surface area (Å²) in [5.41, 5.74) is 0. The van der Waals surface area contributed by atoms with Crippen LogP contribution < -0.4 is 5.30 Å². The molecule has 1 aromatic rings. The predicted octanol–water partition coefficient (Wildman–Crippen LogP) is 3.78. The molecule has 0 saturated heterocycles. The van der Waals surface area contributed by atoms with Gasteiger partial charge in [0, 0.05) is 0 Å². The molecule has 0 unspecified atom stereocenters. The third-order valence-corrected chi connectivity index (χ3v) is 4.17. The van der Waals surface area contributed by atoms with Crippen LogP contribution in [0, 0.1) is 5.92 Å². The van der Waals surface area contributed by atoms with E-state index in [4.69, 9.17) is 0 Å². The number of hydrogen-bond acceptors (Lipinski definition) is 0. The average Bonchev–Trinajstić information content (AvgIpc) is 2.71. The summed E-state index contributed by atoms with van der Waals surface area (Å²) in [6, 6.07) is 10.7. The maximum atomic E-state index is 2.33. The minimum atomic E-state index is 0.283. The van der Waals surface area contributed by atoms with Crippen LogP contribution in [0.3, 0.4) is 0 Å². The predicted molar refractivity (Wildman–Crippen MR) is 68.8 cm³/mol. The summed E-state index contributed by atoms with van der Waals surface area (Å²) in [4.78, 5) is 0. The van der Waals surface area contributed by atoms with Crippen LogP contribution in [0.15, 0.2) is 54.6 Å². The second-order valence-electron chi connectivity index (χ2n) is 4.40. The van der Waals surface area contributed by atoms with E-state index in [0.29, 0.717) is 5.92 Å². The van der Waals surface area contributed by atoms with Crippen molar-refractivity contribution >= 4 is 13.9 Å². The maximum Gasteiger partial charge on any atom is -0.0254 e. The molecule has 0 aliphatic heterocycles. The largest absolute Gasteiger partial charge is 0.499 e. The molecule has 0 bridgehead atoms. The standard InChI is InChI=1S/C14H16P/c1-14(2,12-8-6-7-9-12)15-13-10-4-3-5-11-13/h3-12H,1-2H3/q-1. The normalized spacial score (nSPS) is 16.9. The van der Waals surface area contributed by atoms with Gasteiger partial charge in [0.2, 0.25) is 0 Å². The van der Waals surface area contributed by atoms with Crippen LogP contribution in [0.2, 0.25) is 0 Å². The molecule has 0 radical (unpaired) electrons. The molecule has 0 saturated carbocycles.